The number of sulfonamides is 1. The van der Waals surface area contributed by atoms with Crippen molar-refractivity contribution in [3.05, 3.63) is 24.3 Å². The van der Waals surface area contributed by atoms with E-state index in [4.69, 9.17) is 0 Å². The van der Waals surface area contributed by atoms with E-state index >= 15 is 0 Å². The van der Waals surface area contributed by atoms with Crippen molar-refractivity contribution in [2.45, 2.75) is 37.2 Å². The first-order valence-corrected chi connectivity index (χ1v) is 11.0. The Balaban J connectivity index is 1.87. The first kappa shape index (κ1) is 17.4. The second-order valence-corrected chi connectivity index (χ2v) is 10.5. The number of fused-ring (bicyclic) bond motifs is 1. The molecule has 0 aromatic heterocycles. The molecule has 1 aromatic carbocycles. The molecule has 0 saturated carbocycles. The number of amides is 1. The predicted molar refractivity (Wildman–Crippen MR) is 89.9 cm³/mol. The summed E-state index contributed by atoms with van der Waals surface area (Å²) in [5, 5.41) is 0. The molecule has 9 heteroatoms. The van der Waals surface area contributed by atoms with Gasteiger partial charge in [0.05, 0.1) is 22.4 Å². The molecule has 0 spiro atoms. The minimum Gasteiger partial charge on any atom is -0.308 e. The van der Waals surface area contributed by atoms with Gasteiger partial charge in [0.1, 0.15) is 0 Å². The summed E-state index contributed by atoms with van der Waals surface area (Å²) in [6.07, 6.45) is 0.221. The summed E-state index contributed by atoms with van der Waals surface area (Å²) in [7, 11) is -6.71. The molecule has 1 N–H and O–H groups in total. The maximum atomic E-state index is 12.2. The van der Waals surface area contributed by atoms with Gasteiger partial charge in [-0.25, -0.2) is 21.6 Å². The molecule has 7 nitrogen and oxygen atoms in total. The van der Waals surface area contributed by atoms with Gasteiger partial charge in [-0.15, -0.1) is 0 Å². The van der Waals surface area contributed by atoms with E-state index in [0.29, 0.717) is 5.69 Å². The predicted octanol–water partition coefficient (Wildman–Crippen LogP) is 0.523. The minimum absolute atomic E-state index is 0.0294. The molecular weight excluding hydrogens is 352 g/mol. The van der Waals surface area contributed by atoms with E-state index in [1.54, 1.807) is 26.0 Å². The zero-order valence-corrected chi connectivity index (χ0v) is 15.1. The average molecular weight is 372 g/mol. The third-order valence-corrected chi connectivity index (χ3v) is 7.75. The number of nitrogens with zero attached hydrogens (tertiary/aromatic N) is 1. The molecule has 24 heavy (non-hydrogen) atoms. The van der Waals surface area contributed by atoms with Gasteiger partial charge in [0.15, 0.2) is 9.84 Å². The lowest BCUT2D eigenvalue weighted by Gasteiger charge is -2.23. The molecule has 2 aliphatic heterocycles. The molecule has 1 amide bonds. The maximum Gasteiger partial charge on any atom is 0.240 e. The molecule has 0 unspecified atom stereocenters. The number of sulfone groups is 1. The number of nitrogens with one attached hydrogen (secondary N) is 1. The zero-order chi connectivity index (χ0) is 17.7. The highest BCUT2D eigenvalue weighted by atomic mass is 32.2. The van der Waals surface area contributed by atoms with E-state index < -0.39 is 19.9 Å². The molecule has 0 bridgehead atoms. The summed E-state index contributed by atoms with van der Waals surface area (Å²) in [6, 6.07) is 5.41. The molecule has 0 radical (unpaired) electrons. The molecule has 2 heterocycles. The van der Waals surface area contributed by atoms with Gasteiger partial charge in [-0.3, -0.25) is 4.79 Å². The summed E-state index contributed by atoms with van der Waals surface area (Å²) in [4.78, 5) is 13.8. The van der Waals surface area contributed by atoms with Crippen molar-refractivity contribution < 1.29 is 21.6 Å². The van der Waals surface area contributed by atoms with Crippen LogP contribution in [0, 0.1) is 5.92 Å². The highest BCUT2D eigenvalue weighted by Gasteiger charge is 2.49. The highest BCUT2D eigenvalue weighted by molar-refractivity contribution is 7.91. The fourth-order valence-electron chi connectivity index (χ4n) is 3.39. The Bertz CT molecular complexity index is 860. The van der Waals surface area contributed by atoms with Crippen LogP contribution in [0.2, 0.25) is 0 Å². The molecule has 2 saturated heterocycles. The SMILES string of the molecule is CC(C)NS(=O)(=O)c1ccc(N2C(=O)C[C@@H]3CS(=O)(=O)C[C@@H]32)cc1. The third-order valence-electron chi connectivity index (χ3n) is 4.29. The summed E-state index contributed by atoms with van der Waals surface area (Å²) in [6.45, 7) is 3.46. The molecule has 2 aliphatic rings. The largest absolute Gasteiger partial charge is 0.308 e. The number of carbonyl (C=O) groups is 1. The summed E-state index contributed by atoms with van der Waals surface area (Å²) in [5.74, 6) is -0.271. The van der Waals surface area contributed by atoms with Crippen LogP contribution in [0.5, 0.6) is 0 Å². The standard InChI is InChI=1S/C15H20N2O5S2/c1-10(2)16-24(21,22)13-5-3-12(4-6-13)17-14-9-23(19,20)8-11(14)7-15(17)18/h3-6,10-11,14,16H,7-9H2,1-2H3/t11-,14+/m1/s1. The van der Waals surface area contributed by atoms with Crippen LogP contribution in [0.3, 0.4) is 0 Å². The van der Waals surface area contributed by atoms with Crippen LogP contribution in [0.15, 0.2) is 29.2 Å². The Labute approximate surface area is 142 Å². The van der Waals surface area contributed by atoms with Gasteiger partial charge in [0, 0.05) is 24.1 Å². The fourth-order valence-corrected chi connectivity index (χ4v) is 6.71. The molecule has 2 fully saturated rings. The van der Waals surface area contributed by atoms with Crippen molar-refractivity contribution >= 4 is 31.5 Å². The van der Waals surface area contributed by atoms with Crippen LogP contribution in [-0.2, 0) is 24.7 Å². The van der Waals surface area contributed by atoms with Crippen LogP contribution >= 0.6 is 0 Å². The van der Waals surface area contributed by atoms with E-state index in [1.165, 1.54) is 17.0 Å². The van der Waals surface area contributed by atoms with Crippen molar-refractivity contribution in [3.63, 3.8) is 0 Å². The summed E-state index contributed by atoms with van der Waals surface area (Å²) < 4.78 is 50.3. The van der Waals surface area contributed by atoms with Crippen molar-refractivity contribution in [2.24, 2.45) is 5.92 Å². The van der Waals surface area contributed by atoms with Crippen molar-refractivity contribution in [1.82, 2.24) is 4.72 Å². The van der Waals surface area contributed by atoms with E-state index in [0.717, 1.165) is 0 Å². The second-order valence-electron chi connectivity index (χ2n) is 6.64. The smallest absolute Gasteiger partial charge is 0.240 e. The molecule has 2 atom stereocenters. The first-order chi connectivity index (χ1) is 11.1. The van der Waals surface area contributed by atoms with Gasteiger partial charge in [-0.1, -0.05) is 0 Å². The van der Waals surface area contributed by atoms with Gasteiger partial charge < -0.3 is 4.90 Å². The van der Waals surface area contributed by atoms with Gasteiger partial charge in [0.25, 0.3) is 0 Å². The van der Waals surface area contributed by atoms with E-state index in [2.05, 4.69) is 4.72 Å². The van der Waals surface area contributed by atoms with Crippen molar-refractivity contribution in [3.8, 4) is 0 Å². The van der Waals surface area contributed by atoms with Gasteiger partial charge in [0.2, 0.25) is 15.9 Å². The summed E-state index contributed by atoms with van der Waals surface area (Å²) >= 11 is 0. The molecule has 132 valence electrons. The van der Waals surface area contributed by atoms with Gasteiger partial charge in [-0.2, -0.15) is 0 Å². The average Bonchev–Trinajstić information content (AvgIpc) is 2.87. The second kappa shape index (κ2) is 5.82. The number of hydrogen-bond acceptors (Lipinski definition) is 5. The number of carbonyl (C=O) groups excluding carboxylic acids is 1. The van der Waals surface area contributed by atoms with E-state index in [9.17, 15) is 21.6 Å². The van der Waals surface area contributed by atoms with Crippen LogP contribution in [0.25, 0.3) is 0 Å². The Hall–Kier alpha value is -1.45. The third kappa shape index (κ3) is 3.20. The molecule has 0 aliphatic carbocycles. The van der Waals surface area contributed by atoms with Crippen LogP contribution in [0.4, 0.5) is 5.69 Å². The number of anilines is 1. The fraction of sp³-hybridized carbons (Fsp3) is 0.533. The number of benzene rings is 1. The Morgan fingerprint density at radius 1 is 1.17 bits per heavy atom. The lowest BCUT2D eigenvalue weighted by molar-refractivity contribution is -0.117. The van der Waals surface area contributed by atoms with Crippen molar-refractivity contribution in [1.29, 1.82) is 0 Å². The Morgan fingerprint density at radius 3 is 2.38 bits per heavy atom. The van der Waals surface area contributed by atoms with Crippen LogP contribution in [0.1, 0.15) is 20.3 Å². The first-order valence-electron chi connectivity index (χ1n) is 7.74. The lowest BCUT2D eigenvalue weighted by Crippen LogP contribution is -2.36. The Kier molecular flexibility index (Phi) is 4.21. The van der Waals surface area contributed by atoms with Crippen LogP contribution < -0.4 is 9.62 Å². The van der Waals surface area contributed by atoms with Crippen molar-refractivity contribution in [2.75, 3.05) is 16.4 Å². The highest BCUT2D eigenvalue weighted by Crippen LogP contribution is 2.37. The Morgan fingerprint density at radius 2 is 1.79 bits per heavy atom. The number of hydrogen-bond donors (Lipinski definition) is 1. The van der Waals surface area contributed by atoms with Gasteiger partial charge in [-0.05, 0) is 38.1 Å². The number of rotatable bonds is 4. The van der Waals surface area contributed by atoms with E-state index in [-0.39, 0.29) is 46.7 Å². The maximum absolute atomic E-state index is 12.2. The van der Waals surface area contributed by atoms with E-state index in [1.807, 2.05) is 0 Å². The quantitative estimate of drug-likeness (QED) is 0.831. The molecule has 3 rings (SSSR count). The monoisotopic (exact) mass is 372 g/mol. The van der Waals surface area contributed by atoms with Crippen LogP contribution in [-0.4, -0.2) is 46.3 Å². The topological polar surface area (TPSA) is 101 Å². The minimum atomic E-state index is -3.60. The lowest BCUT2D eigenvalue weighted by atomic mass is 10.1. The molecular formula is C15H20N2O5S2. The normalized spacial score (nSPS) is 26.1. The zero-order valence-electron chi connectivity index (χ0n) is 13.5. The summed E-state index contributed by atoms with van der Waals surface area (Å²) in [5.41, 5.74) is 0.535. The molecule has 1 aromatic rings. The van der Waals surface area contributed by atoms with Gasteiger partial charge >= 0.3 is 0 Å².